The van der Waals surface area contributed by atoms with Crippen molar-refractivity contribution < 1.29 is 53.6 Å². The number of hydrogen-bond donors (Lipinski definition) is 8. The lowest BCUT2D eigenvalue weighted by atomic mass is 9.82. The molecule has 129 heavy (non-hydrogen) atoms. The number of rotatable bonds is 30. The van der Waals surface area contributed by atoms with Gasteiger partial charge < -0.3 is 83.2 Å². The molecule has 0 saturated carbocycles. The van der Waals surface area contributed by atoms with Crippen LogP contribution in [-0.2, 0) is 46.5 Å². The number of aryl methyl sites for hydroxylation is 4. The zero-order valence-electron chi connectivity index (χ0n) is 74.2. The number of carbonyl (C=O) groups is 1. The second-order valence-corrected chi connectivity index (χ2v) is 39.1. The number of halogens is 4. The van der Waals surface area contributed by atoms with Gasteiger partial charge in [0.15, 0.2) is 0 Å². The molecule has 21 nitrogen and oxygen atoms in total. The fourth-order valence-electron chi connectivity index (χ4n) is 19.9. The molecule has 682 valence electrons. The van der Waals surface area contributed by atoms with Gasteiger partial charge in [-0.2, -0.15) is 0 Å². The van der Waals surface area contributed by atoms with E-state index in [-0.39, 0.29) is 25.7 Å². The summed E-state index contributed by atoms with van der Waals surface area (Å²) in [7, 11) is 3.37. The average Bonchev–Trinajstić information content (AvgIpc) is 1.62. The standard InChI is InChI=1S/C27H32BrN3O3.C27H35BrN2O4.C26H31BrN2O2.C24H24BrN3O2/c1-18(32)31-13-11-30(12-14-31)16-21(33)17-34-22-8-5-19(6-9-22)23-3-2-4-24-25-15-20(28)7-10-26(25)29-27(23)24;1-32-14-12-30(13-15-33-2)17-21(31)18-34-22-9-6-19(7-10-22)23-4-3-5-24-25-16-20(28)8-11-26(25)29-27(23)24;27-19-9-12-25-24(15-19)23-6-4-5-22(26(23)28-25)18-7-10-21(11-8-18)31-17-20(30)16-29-13-2-1-3-14-29;25-17-6-9-23-22(12-17)21-3-1-2-20(24(21)27-23)16-4-7-19(8-5-16)30-14-18(29)13-28-11-10-26-15-28/h5-10,15,21,23,29,33H,2-4,11-14,16-17H2,1H3;6-11,16,21,23,29,31H,3-5,12-15,17-18H2,1-2H3;7-12,15,20,22,28,30H,1-6,13-14,16-17H2;4-12,15,18,20,27,29H,1-3,13-14H2. The molecule has 13 aromatic rings. The molecule has 8 unspecified atom stereocenters. The molecular weight excluding hydrogens is 1880 g/mol. The van der Waals surface area contributed by atoms with Gasteiger partial charge in [0.05, 0.1) is 26.1 Å². The van der Waals surface area contributed by atoms with Crippen LogP contribution in [0.25, 0.3) is 43.6 Å². The summed E-state index contributed by atoms with van der Waals surface area (Å²) in [4.78, 5) is 38.7. The maximum absolute atomic E-state index is 11.5. The highest BCUT2D eigenvalue weighted by Crippen LogP contribution is 2.46. The number of piperidine rings is 1. The smallest absolute Gasteiger partial charge is 0.219 e. The summed E-state index contributed by atoms with van der Waals surface area (Å²) in [5.74, 6) is 4.79. The Morgan fingerprint density at radius 1 is 0.411 bits per heavy atom. The van der Waals surface area contributed by atoms with Crippen molar-refractivity contribution in [2.75, 3.05) is 126 Å². The third kappa shape index (κ3) is 24.3. The van der Waals surface area contributed by atoms with Crippen LogP contribution in [-0.4, -0.2) is 226 Å². The van der Waals surface area contributed by atoms with Crippen molar-refractivity contribution in [2.24, 2.45) is 0 Å². The number of aromatic amines is 4. The van der Waals surface area contributed by atoms with Crippen LogP contribution in [0.1, 0.15) is 169 Å². The van der Waals surface area contributed by atoms with E-state index in [1.807, 2.05) is 52.1 Å². The van der Waals surface area contributed by atoms with E-state index in [0.29, 0.717) is 69.7 Å². The van der Waals surface area contributed by atoms with Gasteiger partial charge in [-0.1, -0.05) is 119 Å². The lowest BCUT2D eigenvalue weighted by molar-refractivity contribution is -0.130. The molecule has 0 bridgehead atoms. The summed E-state index contributed by atoms with van der Waals surface area (Å²) in [5.41, 5.74) is 21.3. The van der Waals surface area contributed by atoms with Crippen LogP contribution in [0.3, 0.4) is 0 Å². The van der Waals surface area contributed by atoms with Crippen LogP contribution in [0.15, 0.2) is 206 Å². The van der Waals surface area contributed by atoms with Crippen LogP contribution in [0.5, 0.6) is 23.0 Å². The largest absolute Gasteiger partial charge is 0.491 e. The number of aromatic nitrogens is 6. The van der Waals surface area contributed by atoms with Crippen molar-refractivity contribution in [3.8, 4) is 23.0 Å². The Hall–Kier alpha value is -8.64. The topological polar surface area (TPSA) is 247 Å². The number of amides is 1. The first-order valence-corrected chi connectivity index (χ1v) is 49.3. The molecule has 1 amide bonds. The lowest BCUT2D eigenvalue weighted by Gasteiger charge is -2.35. The van der Waals surface area contributed by atoms with Crippen LogP contribution >= 0.6 is 63.7 Å². The molecule has 6 aliphatic rings. The van der Waals surface area contributed by atoms with Gasteiger partial charge in [-0.3, -0.25) is 14.6 Å². The number of piperazine rings is 1. The molecule has 2 saturated heterocycles. The third-order valence-electron chi connectivity index (χ3n) is 26.5. The van der Waals surface area contributed by atoms with Crippen molar-refractivity contribution in [1.29, 1.82) is 0 Å². The Balaban J connectivity index is 0.000000126. The predicted octanol–water partition coefficient (Wildman–Crippen LogP) is 19.7. The number of imidazole rings is 1. The van der Waals surface area contributed by atoms with Gasteiger partial charge in [0, 0.05) is 200 Å². The quantitative estimate of drug-likeness (QED) is 0.0209. The fraction of sp³-hybridized carbons (Fsp3) is 0.423. The number of nitrogens with zero attached hydrogens (tertiary/aromatic N) is 6. The number of aliphatic hydroxyl groups excluding tert-OH is 4. The highest BCUT2D eigenvalue weighted by Gasteiger charge is 2.32. The summed E-state index contributed by atoms with van der Waals surface area (Å²) in [5, 5.41) is 46.7. The maximum Gasteiger partial charge on any atom is 0.219 e. The minimum atomic E-state index is -0.583. The molecule has 0 spiro atoms. The number of carbonyl (C=O) groups excluding carboxylic acids is 1. The van der Waals surface area contributed by atoms with Gasteiger partial charge in [0.25, 0.3) is 0 Å². The first kappa shape index (κ1) is 93.6. The summed E-state index contributed by atoms with van der Waals surface area (Å²) in [6, 6.07) is 59.4. The molecule has 25 heteroatoms. The van der Waals surface area contributed by atoms with Gasteiger partial charge in [-0.25, -0.2) is 4.98 Å². The van der Waals surface area contributed by atoms with Crippen molar-refractivity contribution in [1.82, 2.24) is 49.1 Å². The second-order valence-electron chi connectivity index (χ2n) is 35.5. The zero-order chi connectivity index (χ0) is 89.3. The van der Waals surface area contributed by atoms with Gasteiger partial charge in [0.2, 0.25) is 5.91 Å². The van der Waals surface area contributed by atoms with E-state index in [0.717, 1.165) is 145 Å². The number of β-amino-alcohol motifs (C(OH)–C–C–N with tert-alkyl or cyclic N) is 2. The van der Waals surface area contributed by atoms with E-state index in [4.69, 9.17) is 28.4 Å². The summed E-state index contributed by atoms with van der Waals surface area (Å²) >= 11 is 14.4. The monoisotopic (exact) mass is 2000 g/mol. The Morgan fingerprint density at radius 2 is 0.729 bits per heavy atom. The molecule has 0 radical (unpaired) electrons. The second kappa shape index (κ2) is 45.2. The Labute approximate surface area is 790 Å². The normalized spacial score (nSPS) is 18.5. The van der Waals surface area contributed by atoms with Crippen molar-refractivity contribution >= 4 is 113 Å². The Kier molecular flexibility index (Phi) is 32.8. The molecule has 8 aromatic carbocycles. The minimum absolute atomic E-state index is 0.119. The minimum Gasteiger partial charge on any atom is -0.491 e. The van der Waals surface area contributed by atoms with Gasteiger partial charge in [-0.15, -0.1) is 0 Å². The van der Waals surface area contributed by atoms with Crippen molar-refractivity contribution in [2.45, 2.75) is 158 Å². The number of fused-ring (bicyclic) bond motifs is 12. The van der Waals surface area contributed by atoms with E-state index in [1.54, 1.807) is 33.7 Å². The van der Waals surface area contributed by atoms with Gasteiger partial charge in [-0.05, 0) is 269 Å². The molecule has 5 aromatic heterocycles. The Bertz CT molecular complexity index is 5760. The first-order chi connectivity index (χ1) is 62.9. The number of benzene rings is 8. The first-order valence-electron chi connectivity index (χ1n) is 46.1. The fourth-order valence-corrected chi connectivity index (χ4v) is 21.3. The summed E-state index contributed by atoms with van der Waals surface area (Å²) in [6.07, 6.45) is 20.7. The molecule has 2 fully saturated rings. The highest BCUT2D eigenvalue weighted by molar-refractivity contribution is 9.11. The maximum atomic E-state index is 11.5. The van der Waals surface area contributed by atoms with Crippen LogP contribution < -0.4 is 18.9 Å². The summed E-state index contributed by atoms with van der Waals surface area (Å²) in [6.45, 7) is 12.9. The van der Waals surface area contributed by atoms with E-state index in [1.165, 1.54) is 156 Å². The number of H-pyrrole nitrogens is 4. The lowest BCUT2D eigenvalue weighted by Crippen LogP contribution is -2.50. The van der Waals surface area contributed by atoms with Crippen molar-refractivity contribution in [3.05, 3.63) is 274 Å². The number of ether oxygens (including phenoxy) is 6. The van der Waals surface area contributed by atoms with Crippen LogP contribution in [0.4, 0.5) is 0 Å². The molecule has 8 N–H and O–H groups in total. The average molecular weight is 2010 g/mol. The molecule has 2 aliphatic heterocycles. The van der Waals surface area contributed by atoms with Crippen molar-refractivity contribution in [3.63, 3.8) is 0 Å². The van der Waals surface area contributed by atoms with Crippen LogP contribution in [0.2, 0.25) is 0 Å². The van der Waals surface area contributed by atoms with Gasteiger partial charge >= 0.3 is 0 Å². The number of hydrogen-bond acceptors (Lipinski definition) is 15. The molecule has 19 rings (SSSR count). The van der Waals surface area contributed by atoms with E-state index < -0.39 is 24.4 Å². The molecule has 8 atom stereocenters. The van der Waals surface area contributed by atoms with Crippen LogP contribution in [0, 0.1) is 0 Å². The number of nitrogens with one attached hydrogen (secondary N) is 4. The van der Waals surface area contributed by atoms with E-state index >= 15 is 0 Å². The summed E-state index contributed by atoms with van der Waals surface area (Å²) < 4.78 is 40.1. The predicted molar refractivity (Wildman–Crippen MR) is 526 cm³/mol. The SMILES string of the molecule is CC(=O)N1CCN(CC(O)COc2ccc(C3CCCc4c3[nH]c3ccc(Br)cc43)cc2)CC1.COCCN(CCOC)CC(O)COc1ccc(C2CCCc3c2[nH]c2ccc(Br)cc32)cc1.OC(COc1ccc(C2CCCc3c2[nH]c2ccc(Br)cc32)cc1)CN1CCCCC1.OC(COc1ccc(C2CCCc3c2[nH]c2ccc(Br)cc32)cc1)Cn1ccnc1. The van der Waals surface area contributed by atoms with E-state index in [2.05, 4.69) is 237 Å². The third-order valence-corrected chi connectivity index (χ3v) is 28.4. The van der Waals surface area contributed by atoms with E-state index in [9.17, 15) is 25.2 Å². The number of aliphatic hydroxyl groups is 4. The molecule has 4 aliphatic carbocycles. The zero-order valence-corrected chi connectivity index (χ0v) is 80.5. The number of methoxy groups -OCH3 is 2. The highest BCUT2D eigenvalue weighted by atomic mass is 79.9. The van der Waals surface area contributed by atoms with Gasteiger partial charge in [0.1, 0.15) is 73.8 Å². The Morgan fingerprint density at radius 3 is 1.04 bits per heavy atom. The molecule has 7 heterocycles. The molecular formula is C104H122Br4N10O11. The number of likely N-dealkylation sites (tertiary alicyclic amines) is 1.